The number of rotatable bonds is 1. The smallest absolute Gasteiger partial charge is 0.256 e. The van der Waals surface area contributed by atoms with Crippen molar-refractivity contribution < 1.29 is 4.79 Å². The molecule has 0 unspecified atom stereocenters. The van der Waals surface area contributed by atoms with Gasteiger partial charge in [0.1, 0.15) is 0 Å². The summed E-state index contributed by atoms with van der Waals surface area (Å²) >= 11 is 1.54. The summed E-state index contributed by atoms with van der Waals surface area (Å²) in [5.74, 6) is 0.103. The zero-order valence-corrected chi connectivity index (χ0v) is 11.6. The zero-order chi connectivity index (χ0) is 12.6. The van der Waals surface area contributed by atoms with E-state index >= 15 is 0 Å². The van der Waals surface area contributed by atoms with Crippen LogP contribution in [0.5, 0.6) is 0 Å². The molecule has 0 aromatic carbocycles. The molecular formula is C13H20N2OS. The number of amides is 1. The Morgan fingerprint density at radius 1 is 1.35 bits per heavy atom. The SMILES string of the molecule is CC(C)(C)c1cc(C(=O)N2CCCC2)c(N)s1. The molecule has 2 heterocycles. The summed E-state index contributed by atoms with van der Waals surface area (Å²) in [4.78, 5) is 15.3. The number of nitrogen functional groups attached to an aromatic ring is 1. The Labute approximate surface area is 107 Å². The first-order valence-electron chi connectivity index (χ1n) is 6.08. The molecule has 1 aromatic rings. The highest BCUT2D eigenvalue weighted by atomic mass is 32.1. The van der Waals surface area contributed by atoms with Crippen molar-refractivity contribution in [3.8, 4) is 0 Å². The Balaban J connectivity index is 2.26. The summed E-state index contributed by atoms with van der Waals surface area (Å²) < 4.78 is 0. The van der Waals surface area contributed by atoms with Gasteiger partial charge >= 0.3 is 0 Å². The molecule has 94 valence electrons. The van der Waals surface area contributed by atoms with Gasteiger partial charge in [0.05, 0.1) is 10.6 Å². The molecule has 1 fully saturated rings. The van der Waals surface area contributed by atoms with Gasteiger partial charge in [0.15, 0.2) is 0 Å². The van der Waals surface area contributed by atoms with Crippen LogP contribution in [0.15, 0.2) is 6.07 Å². The summed E-state index contributed by atoms with van der Waals surface area (Å²) in [6, 6.07) is 1.97. The Kier molecular flexibility index (Phi) is 3.17. The maximum Gasteiger partial charge on any atom is 0.256 e. The fraction of sp³-hybridized carbons (Fsp3) is 0.615. The summed E-state index contributed by atoms with van der Waals surface area (Å²) in [6.45, 7) is 8.17. The molecule has 0 atom stereocenters. The molecule has 0 aliphatic carbocycles. The second-order valence-electron chi connectivity index (χ2n) is 5.64. The summed E-state index contributed by atoms with van der Waals surface area (Å²) in [5.41, 5.74) is 6.73. The number of nitrogens with zero attached hydrogens (tertiary/aromatic N) is 1. The Bertz CT molecular complexity index is 425. The summed E-state index contributed by atoms with van der Waals surface area (Å²) in [7, 11) is 0. The van der Waals surface area contributed by atoms with Crippen molar-refractivity contribution in [3.05, 3.63) is 16.5 Å². The predicted molar refractivity (Wildman–Crippen MR) is 72.6 cm³/mol. The topological polar surface area (TPSA) is 46.3 Å². The molecule has 1 aliphatic rings. The minimum absolute atomic E-state index is 0.0579. The van der Waals surface area contributed by atoms with E-state index in [1.54, 1.807) is 0 Å². The van der Waals surface area contributed by atoms with Crippen molar-refractivity contribution in [1.29, 1.82) is 0 Å². The molecule has 4 heteroatoms. The van der Waals surface area contributed by atoms with Gasteiger partial charge in [-0.15, -0.1) is 11.3 Å². The third-order valence-corrected chi connectivity index (χ3v) is 4.51. The van der Waals surface area contributed by atoms with Crippen LogP contribution in [-0.2, 0) is 5.41 Å². The number of hydrogen-bond donors (Lipinski definition) is 1. The first-order valence-corrected chi connectivity index (χ1v) is 6.90. The molecule has 1 aromatic heterocycles. The molecule has 0 spiro atoms. The van der Waals surface area contributed by atoms with Crippen LogP contribution in [0.3, 0.4) is 0 Å². The number of hydrogen-bond acceptors (Lipinski definition) is 3. The lowest BCUT2D eigenvalue weighted by atomic mass is 9.94. The number of nitrogens with two attached hydrogens (primary N) is 1. The van der Waals surface area contributed by atoms with Crippen LogP contribution in [0.1, 0.15) is 48.8 Å². The minimum atomic E-state index is 0.0579. The zero-order valence-electron chi connectivity index (χ0n) is 10.7. The Morgan fingerprint density at radius 3 is 2.41 bits per heavy atom. The van der Waals surface area contributed by atoms with E-state index < -0.39 is 0 Å². The third-order valence-electron chi connectivity index (χ3n) is 3.12. The lowest BCUT2D eigenvalue weighted by molar-refractivity contribution is 0.0794. The number of anilines is 1. The van der Waals surface area contributed by atoms with E-state index in [0.717, 1.165) is 25.9 Å². The number of carbonyl (C=O) groups excluding carboxylic acids is 1. The summed E-state index contributed by atoms with van der Waals surface area (Å²) in [5, 5.41) is 0.659. The van der Waals surface area contributed by atoms with Gasteiger partial charge < -0.3 is 10.6 Å². The van der Waals surface area contributed by atoms with Crippen LogP contribution in [0.25, 0.3) is 0 Å². The van der Waals surface area contributed by atoms with Gasteiger partial charge in [0, 0.05) is 18.0 Å². The van der Waals surface area contributed by atoms with Gasteiger partial charge in [-0.1, -0.05) is 20.8 Å². The molecule has 0 saturated carbocycles. The highest BCUT2D eigenvalue weighted by Gasteiger charge is 2.25. The van der Waals surface area contributed by atoms with Crippen molar-refractivity contribution in [3.63, 3.8) is 0 Å². The Morgan fingerprint density at radius 2 is 1.94 bits per heavy atom. The minimum Gasteiger partial charge on any atom is -0.390 e. The van der Waals surface area contributed by atoms with Crippen molar-refractivity contribution in [2.75, 3.05) is 18.8 Å². The lowest BCUT2D eigenvalue weighted by Gasteiger charge is -2.16. The lowest BCUT2D eigenvalue weighted by Crippen LogP contribution is -2.27. The number of likely N-dealkylation sites (tertiary alicyclic amines) is 1. The van der Waals surface area contributed by atoms with Gasteiger partial charge in [0.2, 0.25) is 0 Å². The van der Waals surface area contributed by atoms with Crippen molar-refractivity contribution in [2.24, 2.45) is 0 Å². The second-order valence-corrected chi connectivity index (χ2v) is 6.72. The average Bonchev–Trinajstić information content (AvgIpc) is 2.83. The maximum atomic E-state index is 12.3. The average molecular weight is 252 g/mol. The van der Waals surface area contributed by atoms with E-state index in [2.05, 4.69) is 20.8 Å². The molecule has 3 nitrogen and oxygen atoms in total. The standard InChI is InChI=1S/C13H20N2OS/c1-13(2,3)10-8-9(11(14)17-10)12(16)15-6-4-5-7-15/h8H,4-7,14H2,1-3H3. The fourth-order valence-corrected chi connectivity index (χ4v) is 3.01. The van der Waals surface area contributed by atoms with Gasteiger partial charge in [-0.2, -0.15) is 0 Å². The van der Waals surface area contributed by atoms with Crippen LogP contribution in [-0.4, -0.2) is 23.9 Å². The van der Waals surface area contributed by atoms with Crippen LogP contribution in [0, 0.1) is 0 Å². The number of carbonyl (C=O) groups is 1. The molecule has 2 N–H and O–H groups in total. The molecule has 0 radical (unpaired) electrons. The molecule has 1 amide bonds. The predicted octanol–water partition coefficient (Wildman–Crippen LogP) is 2.86. The highest BCUT2D eigenvalue weighted by Crippen LogP contribution is 2.35. The van der Waals surface area contributed by atoms with Crippen LogP contribution < -0.4 is 5.73 Å². The van der Waals surface area contributed by atoms with E-state index in [9.17, 15) is 4.79 Å². The highest BCUT2D eigenvalue weighted by molar-refractivity contribution is 7.16. The molecule has 2 rings (SSSR count). The van der Waals surface area contributed by atoms with Crippen LogP contribution in [0.4, 0.5) is 5.00 Å². The van der Waals surface area contributed by atoms with E-state index in [4.69, 9.17) is 5.73 Å². The van der Waals surface area contributed by atoms with Gasteiger partial charge in [0.25, 0.3) is 5.91 Å². The van der Waals surface area contributed by atoms with Crippen molar-refractivity contribution >= 4 is 22.2 Å². The first-order chi connectivity index (χ1) is 7.89. The molecule has 1 saturated heterocycles. The first kappa shape index (κ1) is 12.4. The monoisotopic (exact) mass is 252 g/mol. The van der Waals surface area contributed by atoms with E-state index in [1.807, 2.05) is 11.0 Å². The molecule has 0 bridgehead atoms. The van der Waals surface area contributed by atoms with E-state index in [0.29, 0.717) is 10.6 Å². The van der Waals surface area contributed by atoms with Crippen LogP contribution >= 0.6 is 11.3 Å². The largest absolute Gasteiger partial charge is 0.390 e. The molecule has 1 aliphatic heterocycles. The Hall–Kier alpha value is -1.03. The second kappa shape index (κ2) is 4.33. The van der Waals surface area contributed by atoms with Gasteiger partial charge in [-0.3, -0.25) is 4.79 Å². The van der Waals surface area contributed by atoms with Crippen molar-refractivity contribution in [2.45, 2.75) is 39.0 Å². The molecular weight excluding hydrogens is 232 g/mol. The van der Waals surface area contributed by atoms with E-state index in [1.165, 1.54) is 16.2 Å². The number of thiophene rings is 1. The maximum absolute atomic E-state index is 12.3. The normalized spacial score (nSPS) is 16.5. The van der Waals surface area contributed by atoms with Crippen molar-refractivity contribution in [1.82, 2.24) is 4.90 Å². The van der Waals surface area contributed by atoms with Gasteiger partial charge in [-0.05, 0) is 24.3 Å². The van der Waals surface area contributed by atoms with Crippen LogP contribution in [0.2, 0.25) is 0 Å². The fourth-order valence-electron chi connectivity index (χ4n) is 2.03. The van der Waals surface area contributed by atoms with E-state index in [-0.39, 0.29) is 11.3 Å². The quantitative estimate of drug-likeness (QED) is 0.835. The third kappa shape index (κ3) is 2.46. The molecule has 17 heavy (non-hydrogen) atoms. The summed E-state index contributed by atoms with van der Waals surface area (Å²) in [6.07, 6.45) is 2.23. The van der Waals surface area contributed by atoms with Gasteiger partial charge in [-0.25, -0.2) is 0 Å².